The minimum atomic E-state index is -4.57. The molecule has 0 spiro atoms. The maximum absolute atomic E-state index is 12.1. The molecule has 3 nitrogen and oxygen atoms in total. The molecule has 0 aliphatic rings. The molecule has 0 aliphatic carbocycles. The number of carbonyl (C=O) groups excluding carboxylic acids is 1. The Kier molecular flexibility index (Phi) is 2.46. The van der Waals surface area contributed by atoms with Crippen LogP contribution in [0.1, 0.15) is 23.0 Å². The van der Waals surface area contributed by atoms with Gasteiger partial charge in [0, 0.05) is 13.1 Å². The molecule has 1 heterocycles. The van der Waals surface area contributed by atoms with Gasteiger partial charge in [0.05, 0.1) is 5.56 Å². The monoisotopic (exact) mass is 205 g/mol. The predicted octanol–water partition coefficient (Wildman–Crippen LogP) is 2.01. The lowest BCUT2D eigenvalue weighted by Crippen LogP contribution is -2.07. The molecule has 0 atom stereocenters. The van der Waals surface area contributed by atoms with Crippen LogP contribution in [-0.2, 0) is 6.18 Å². The quantitative estimate of drug-likeness (QED) is 0.713. The van der Waals surface area contributed by atoms with E-state index in [9.17, 15) is 18.0 Å². The van der Waals surface area contributed by atoms with Crippen molar-refractivity contribution in [2.75, 3.05) is 0 Å². The van der Waals surface area contributed by atoms with Crippen LogP contribution >= 0.6 is 0 Å². The molecule has 0 saturated heterocycles. The van der Waals surface area contributed by atoms with Crippen LogP contribution in [0.3, 0.4) is 0 Å². The lowest BCUT2D eigenvalue weighted by atomic mass is 10.2. The summed E-state index contributed by atoms with van der Waals surface area (Å²) in [6.45, 7) is 1.11. The number of carbonyl (C=O) groups is 1. The molecular formula is C8H6F3NO2. The van der Waals surface area contributed by atoms with Gasteiger partial charge in [-0.15, -0.1) is 0 Å². The number of hydrogen-bond acceptors (Lipinski definition) is 3. The molecule has 0 aliphatic heterocycles. The maximum Gasteiger partial charge on any atom is 0.418 e. The number of Topliss-reactive ketones (excluding diaryl/α,β-unsaturated/α-hetero) is 1. The van der Waals surface area contributed by atoms with Crippen LogP contribution in [0.4, 0.5) is 13.2 Å². The van der Waals surface area contributed by atoms with Crippen molar-refractivity contribution in [1.82, 2.24) is 4.98 Å². The third-order valence-electron chi connectivity index (χ3n) is 1.53. The molecule has 14 heavy (non-hydrogen) atoms. The van der Waals surface area contributed by atoms with Gasteiger partial charge in [0.2, 0.25) is 0 Å². The number of nitrogens with zero attached hydrogens (tertiary/aromatic N) is 1. The Bertz CT molecular complexity index is 373. The van der Waals surface area contributed by atoms with E-state index in [1.54, 1.807) is 0 Å². The van der Waals surface area contributed by atoms with E-state index >= 15 is 0 Å². The normalized spacial score (nSPS) is 11.4. The van der Waals surface area contributed by atoms with Crippen LogP contribution in [0.5, 0.6) is 5.75 Å². The Morgan fingerprint density at radius 1 is 1.50 bits per heavy atom. The highest BCUT2D eigenvalue weighted by Gasteiger charge is 2.32. The summed E-state index contributed by atoms with van der Waals surface area (Å²) in [4.78, 5) is 13.9. The number of hydrogen-bond donors (Lipinski definition) is 1. The van der Waals surface area contributed by atoms with Gasteiger partial charge < -0.3 is 5.11 Å². The minimum Gasteiger partial charge on any atom is -0.506 e. The number of pyridine rings is 1. The van der Waals surface area contributed by atoms with Crippen LogP contribution in [0.2, 0.25) is 0 Å². The van der Waals surface area contributed by atoms with E-state index in [4.69, 9.17) is 5.11 Å². The van der Waals surface area contributed by atoms with Crippen LogP contribution in [0.15, 0.2) is 12.3 Å². The van der Waals surface area contributed by atoms with Crippen LogP contribution in [0, 0.1) is 0 Å². The third-order valence-corrected chi connectivity index (χ3v) is 1.53. The summed E-state index contributed by atoms with van der Waals surface area (Å²) in [5.41, 5.74) is -1.45. The number of ketones is 1. The summed E-state index contributed by atoms with van der Waals surface area (Å²) in [6, 6.07) is 0.476. The summed E-state index contributed by atoms with van der Waals surface area (Å²) >= 11 is 0. The van der Waals surface area contributed by atoms with E-state index < -0.39 is 23.3 Å². The summed E-state index contributed by atoms with van der Waals surface area (Å²) in [7, 11) is 0. The first-order valence-electron chi connectivity index (χ1n) is 3.59. The molecule has 6 heteroatoms. The molecule has 76 valence electrons. The third kappa shape index (κ3) is 2.01. The molecule has 0 aromatic carbocycles. The second-order valence-corrected chi connectivity index (χ2v) is 2.65. The van der Waals surface area contributed by atoms with Crippen molar-refractivity contribution in [3.05, 3.63) is 23.5 Å². The minimum absolute atomic E-state index is 0.363. The van der Waals surface area contributed by atoms with Crippen LogP contribution in [0.25, 0.3) is 0 Å². The number of aromatic nitrogens is 1. The van der Waals surface area contributed by atoms with Crippen molar-refractivity contribution in [1.29, 1.82) is 0 Å². The fourth-order valence-corrected chi connectivity index (χ4v) is 0.879. The molecule has 0 fully saturated rings. The zero-order valence-electron chi connectivity index (χ0n) is 7.09. The van der Waals surface area contributed by atoms with Crippen molar-refractivity contribution in [3.8, 4) is 5.75 Å². The fraction of sp³-hybridized carbons (Fsp3) is 0.250. The van der Waals surface area contributed by atoms with Gasteiger partial charge in [-0.2, -0.15) is 13.2 Å². The van der Waals surface area contributed by atoms with E-state index in [-0.39, 0.29) is 5.69 Å². The smallest absolute Gasteiger partial charge is 0.418 e. The van der Waals surface area contributed by atoms with Crippen LogP contribution < -0.4 is 0 Å². The molecule has 0 unspecified atom stereocenters. The molecule has 0 radical (unpaired) electrons. The van der Waals surface area contributed by atoms with Crippen molar-refractivity contribution in [2.24, 2.45) is 0 Å². The molecule has 1 aromatic rings. The van der Waals surface area contributed by atoms with Gasteiger partial charge in [-0.1, -0.05) is 0 Å². The molecule has 0 amide bonds. The summed E-state index contributed by atoms with van der Waals surface area (Å²) < 4.78 is 36.2. The van der Waals surface area contributed by atoms with Crippen molar-refractivity contribution < 1.29 is 23.1 Å². The number of alkyl halides is 3. The highest BCUT2D eigenvalue weighted by molar-refractivity contribution is 5.94. The maximum atomic E-state index is 12.1. The topological polar surface area (TPSA) is 50.2 Å². The Morgan fingerprint density at radius 2 is 2.07 bits per heavy atom. The van der Waals surface area contributed by atoms with Gasteiger partial charge in [0.25, 0.3) is 0 Å². The van der Waals surface area contributed by atoms with E-state index in [0.29, 0.717) is 12.3 Å². The van der Waals surface area contributed by atoms with E-state index in [1.807, 2.05) is 0 Å². The van der Waals surface area contributed by atoms with Gasteiger partial charge >= 0.3 is 6.18 Å². The summed E-state index contributed by atoms with van der Waals surface area (Å²) in [5.74, 6) is -1.34. The highest BCUT2D eigenvalue weighted by atomic mass is 19.4. The Hall–Kier alpha value is -1.59. The van der Waals surface area contributed by atoms with E-state index in [1.165, 1.54) is 0 Å². The first kappa shape index (κ1) is 10.5. The molecule has 1 aromatic heterocycles. The average Bonchev–Trinajstić information content (AvgIpc) is 2.01. The van der Waals surface area contributed by atoms with Gasteiger partial charge in [0.1, 0.15) is 11.4 Å². The van der Waals surface area contributed by atoms with Crippen LogP contribution in [-0.4, -0.2) is 15.9 Å². The second kappa shape index (κ2) is 3.28. The lowest BCUT2D eigenvalue weighted by Gasteiger charge is -2.07. The summed E-state index contributed by atoms with van der Waals surface area (Å²) in [6.07, 6.45) is -4.06. The zero-order chi connectivity index (χ0) is 10.9. The van der Waals surface area contributed by atoms with Crippen molar-refractivity contribution >= 4 is 5.78 Å². The molecule has 0 bridgehead atoms. The lowest BCUT2D eigenvalue weighted by molar-refractivity contribution is -0.138. The highest BCUT2D eigenvalue weighted by Crippen LogP contribution is 2.31. The van der Waals surface area contributed by atoms with Gasteiger partial charge in [-0.05, 0) is 6.07 Å². The van der Waals surface area contributed by atoms with E-state index in [0.717, 1.165) is 6.92 Å². The van der Waals surface area contributed by atoms with Crippen molar-refractivity contribution in [3.63, 3.8) is 0 Å². The number of rotatable bonds is 1. The fourth-order valence-electron chi connectivity index (χ4n) is 0.879. The summed E-state index contributed by atoms with van der Waals surface area (Å²) in [5, 5.41) is 9.04. The average molecular weight is 205 g/mol. The SMILES string of the molecule is CC(=O)c1ncc(C(F)(F)F)cc1O. The Balaban J connectivity index is 3.20. The zero-order valence-corrected chi connectivity index (χ0v) is 7.09. The molecular weight excluding hydrogens is 199 g/mol. The number of halogens is 3. The Labute approximate surface area is 77.2 Å². The predicted molar refractivity (Wildman–Crippen MR) is 40.9 cm³/mol. The van der Waals surface area contributed by atoms with Gasteiger partial charge in [-0.3, -0.25) is 4.79 Å². The molecule has 0 saturated carbocycles. The largest absolute Gasteiger partial charge is 0.506 e. The van der Waals surface area contributed by atoms with E-state index in [2.05, 4.69) is 4.98 Å². The number of aromatic hydroxyl groups is 1. The van der Waals surface area contributed by atoms with Crippen molar-refractivity contribution in [2.45, 2.75) is 13.1 Å². The Morgan fingerprint density at radius 3 is 2.43 bits per heavy atom. The van der Waals surface area contributed by atoms with Gasteiger partial charge in [0.15, 0.2) is 5.78 Å². The molecule has 1 N–H and O–H groups in total. The van der Waals surface area contributed by atoms with Gasteiger partial charge in [-0.25, -0.2) is 4.98 Å². The first-order valence-corrected chi connectivity index (χ1v) is 3.59. The molecule has 1 rings (SSSR count). The second-order valence-electron chi connectivity index (χ2n) is 2.65. The standard InChI is InChI=1S/C8H6F3NO2/c1-4(13)7-6(14)2-5(3-12-7)8(9,10)11/h2-3,14H,1H3. The first-order chi connectivity index (χ1) is 6.32.